The van der Waals surface area contributed by atoms with Gasteiger partial charge < -0.3 is 14.5 Å². The number of rotatable bonds is 4. The number of oxazole rings is 1. The number of hydrogen-bond donors (Lipinski definition) is 1. The Kier molecular flexibility index (Phi) is 4.52. The Labute approximate surface area is 125 Å². The summed E-state index contributed by atoms with van der Waals surface area (Å²) in [5.41, 5.74) is 1.49. The number of benzene rings is 1. The maximum Gasteiger partial charge on any atom is 0.360 e. The van der Waals surface area contributed by atoms with Gasteiger partial charge in [0.15, 0.2) is 5.69 Å². The monoisotopic (exact) mass is 314 g/mol. The Morgan fingerprint density at radius 1 is 1.40 bits per heavy atom. The summed E-state index contributed by atoms with van der Waals surface area (Å²) in [5, 5.41) is 3.89. The van der Waals surface area contributed by atoms with Crippen molar-refractivity contribution < 1.29 is 13.9 Å². The van der Waals surface area contributed by atoms with E-state index in [0.29, 0.717) is 15.7 Å². The number of esters is 1. The van der Waals surface area contributed by atoms with Crippen LogP contribution in [0.5, 0.6) is 0 Å². The molecule has 0 saturated carbocycles. The molecule has 7 heteroatoms. The Balaban J connectivity index is 2.19. The second-order valence-electron chi connectivity index (χ2n) is 3.96. The molecular weight excluding hydrogens is 303 g/mol. The zero-order valence-electron chi connectivity index (χ0n) is 10.9. The lowest BCUT2D eigenvalue weighted by Gasteiger charge is -2.07. The van der Waals surface area contributed by atoms with E-state index in [2.05, 4.69) is 10.3 Å². The fourth-order valence-electron chi connectivity index (χ4n) is 1.49. The zero-order valence-corrected chi connectivity index (χ0v) is 12.4. The molecular formula is C13H12Cl2N2O3. The average molecular weight is 315 g/mol. The fourth-order valence-corrected chi connectivity index (χ4v) is 1.92. The molecule has 5 nitrogen and oxygen atoms in total. The number of hydrogen-bond acceptors (Lipinski definition) is 5. The minimum absolute atomic E-state index is 0.0867. The third-order valence-electron chi connectivity index (χ3n) is 2.48. The summed E-state index contributed by atoms with van der Waals surface area (Å²) >= 11 is 12.1. The molecule has 0 amide bonds. The fraction of sp³-hybridized carbons (Fsp3) is 0.231. The molecule has 0 bridgehead atoms. The van der Waals surface area contributed by atoms with Gasteiger partial charge in [-0.3, -0.25) is 0 Å². The predicted octanol–water partition coefficient (Wildman–Crippen LogP) is 4.21. The minimum atomic E-state index is -0.544. The van der Waals surface area contributed by atoms with Crippen LogP contribution in [0.25, 0.3) is 0 Å². The van der Waals surface area contributed by atoms with Crippen LogP contribution < -0.4 is 5.32 Å². The van der Waals surface area contributed by atoms with E-state index >= 15 is 0 Å². The molecule has 0 radical (unpaired) electrons. The lowest BCUT2D eigenvalue weighted by Crippen LogP contribution is -2.05. The van der Waals surface area contributed by atoms with Crippen molar-refractivity contribution >= 4 is 40.9 Å². The first kappa shape index (κ1) is 14.7. The van der Waals surface area contributed by atoms with Gasteiger partial charge in [0.05, 0.1) is 17.3 Å². The number of carbonyl (C=O) groups is 1. The van der Waals surface area contributed by atoms with Crippen LogP contribution in [0.3, 0.4) is 0 Å². The summed E-state index contributed by atoms with van der Waals surface area (Å²) < 4.78 is 9.95. The van der Waals surface area contributed by atoms with E-state index in [-0.39, 0.29) is 18.3 Å². The van der Waals surface area contributed by atoms with Gasteiger partial charge in [-0.15, -0.1) is 0 Å². The molecule has 1 N–H and O–H groups in total. The SMILES string of the molecule is CCOC(=O)c1coc(Nc2cc(Cl)c(C)cc2Cl)n1. The summed E-state index contributed by atoms with van der Waals surface area (Å²) in [5.74, 6) is -0.544. The van der Waals surface area contributed by atoms with Crippen molar-refractivity contribution in [2.45, 2.75) is 13.8 Å². The van der Waals surface area contributed by atoms with Gasteiger partial charge in [-0.05, 0) is 31.5 Å². The maximum absolute atomic E-state index is 11.5. The van der Waals surface area contributed by atoms with Gasteiger partial charge in [-0.1, -0.05) is 23.2 Å². The van der Waals surface area contributed by atoms with E-state index in [0.717, 1.165) is 5.56 Å². The van der Waals surface area contributed by atoms with Crippen molar-refractivity contribution in [3.8, 4) is 0 Å². The van der Waals surface area contributed by atoms with Crippen LogP contribution in [0.4, 0.5) is 11.7 Å². The van der Waals surface area contributed by atoms with Crippen LogP contribution in [-0.4, -0.2) is 17.6 Å². The molecule has 0 unspecified atom stereocenters. The molecule has 0 fully saturated rings. The van der Waals surface area contributed by atoms with Crippen LogP contribution in [-0.2, 0) is 4.74 Å². The minimum Gasteiger partial charge on any atom is -0.461 e. The first-order chi connectivity index (χ1) is 9.51. The van der Waals surface area contributed by atoms with Crippen molar-refractivity contribution in [1.82, 2.24) is 4.98 Å². The van der Waals surface area contributed by atoms with Gasteiger partial charge in [0, 0.05) is 5.02 Å². The van der Waals surface area contributed by atoms with Crippen molar-refractivity contribution in [3.63, 3.8) is 0 Å². The molecule has 106 valence electrons. The summed E-state index contributed by atoms with van der Waals surface area (Å²) in [6, 6.07) is 3.52. The van der Waals surface area contributed by atoms with Gasteiger partial charge in [0.2, 0.25) is 0 Å². The van der Waals surface area contributed by atoms with Crippen molar-refractivity contribution in [2.24, 2.45) is 0 Å². The van der Waals surface area contributed by atoms with Crippen LogP contribution in [0.15, 0.2) is 22.8 Å². The molecule has 1 heterocycles. The molecule has 0 saturated heterocycles. The number of nitrogens with one attached hydrogen (secondary N) is 1. The lowest BCUT2D eigenvalue weighted by atomic mass is 10.2. The molecule has 0 aliphatic rings. The molecule has 0 atom stereocenters. The Bertz CT molecular complexity index is 641. The Hall–Kier alpha value is -1.72. The average Bonchev–Trinajstić information content (AvgIpc) is 2.85. The number of ether oxygens (including phenoxy) is 1. The number of anilines is 2. The van der Waals surface area contributed by atoms with Crippen LogP contribution in [0.1, 0.15) is 23.0 Å². The largest absolute Gasteiger partial charge is 0.461 e. The summed E-state index contributed by atoms with van der Waals surface area (Å²) in [6.45, 7) is 3.83. The van der Waals surface area contributed by atoms with Gasteiger partial charge in [-0.25, -0.2) is 4.79 Å². The van der Waals surface area contributed by atoms with E-state index in [1.807, 2.05) is 6.92 Å². The molecule has 1 aromatic heterocycles. The highest BCUT2D eigenvalue weighted by Gasteiger charge is 2.14. The number of halogens is 2. The number of aromatic nitrogens is 1. The van der Waals surface area contributed by atoms with Crippen molar-refractivity contribution in [2.75, 3.05) is 11.9 Å². The first-order valence-corrected chi connectivity index (χ1v) is 6.62. The van der Waals surface area contributed by atoms with E-state index in [4.69, 9.17) is 32.4 Å². The molecule has 0 aliphatic heterocycles. The highest BCUT2D eigenvalue weighted by atomic mass is 35.5. The highest BCUT2D eigenvalue weighted by molar-refractivity contribution is 6.35. The van der Waals surface area contributed by atoms with Crippen molar-refractivity contribution in [1.29, 1.82) is 0 Å². The topological polar surface area (TPSA) is 64.4 Å². The number of nitrogens with zero attached hydrogens (tertiary/aromatic N) is 1. The van der Waals surface area contributed by atoms with E-state index in [1.54, 1.807) is 19.1 Å². The van der Waals surface area contributed by atoms with Crippen molar-refractivity contribution in [3.05, 3.63) is 39.7 Å². The van der Waals surface area contributed by atoms with E-state index in [1.165, 1.54) is 6.26 Å². The standard InChI is InChI=1S/C13H12Cl2N2O3/c1-3-19-12(18)11-6-20-13(17-11)16-10-5-8(14)7(2)4-9(10)15/h4-6H,3H2,1-2H3,(H,16,17). The van der Waals surface area contributed by atoms with Gasteiger partial charge >= 0.3 is 5.97 Å². The lowest BCUT2D eigenvalue weighted by molar-refractivity contribution is 0.0519. The second-order valence-corrected chi connectivity index (χ2v) is 4.78. The Morgan fingerprint density at radius 2 is 2.15 bits per heavy atom. The smallest absolute Gasteiger partial charge is 0.360 e. The van der Waals surface area contributed by atoms with Gasteiger partial charge in [0.1, 0.15) is 6.26 Å². The number of carbonyl (C=O) groups excluding carboxylic acids is 1. The third kappa shape index (κ3) is 3.23. The van der Waals surface area contributed by atoms with E-state index in [9.17, 15) is 4.79 Å². The molecule has 0 spiro atoms. The normalized spacial score (nSPS) is 10.4. The van der Waals surface area contributed by atoms with E-state index < -0.39 is 5.97 Å². The van der Waals surface area contributed by atoms with Crippen LogP contribution in [0, 0.1) is 6.92 Å². The summed E-state index contributed by atoms with van der Waals surface area (Å²) in [4.78, 5) is 15.4. The van der Waals surface area contributed by atoms with Crippen LogP contribution >= 0.6 is 23.2 Å². The Morgan fingerprint density at radius 3 is 2.85 bits per heavy atom. The molecule has 2 rings (SSSR count). The van der Waals surface area contributed by atoms with Gasteiger partial charge in [-0.2, -0.15) is 4.98 Å². The van der Waals surface area contributed by atoms with Crippen LogP contribution in [0.2, 0.25) is 10.0 Å². The quantitative estimate of drug-likeness (QED) is 0.856. The molecule has 20 heavy (non-hydrogen) atoms. The first-order valence-electron chi connectivity index (χ1n) is 5.86. The summed E-state index contributed by atoms with van der Waals surface area (Å²) in [7, 11) is 0. The molecule has 2 aromatic rings. The molecule has 1 aromatic carbocycles. The molecule has 0 aliphatic carbocycles. The third-order valence-corrected chi connectivity index (χ3v) is 3.20. The highest BCUT2D eigenvalue weighted by Crippen LogP contribution is 2.30. The predicted molar refractivity (Wildman–Crippen MR) is 76.9 cm³/mol. The number of aryl methyl sites for hydroxylation is 1. The second kappa shape index (κ2) is 6.15. The summed E-state index contributed by atoms with van der Waals surface area (Å²) in [6.07, 6.45) is 1.21. The van der Waals surface area contributed by atoms with Gasteiger partial charge in [0.25, 0.3) is 6.01 Å². The zero-order chi connectivity index (χ0) is 14.7. The maximum atomic E-state index is 11.5.